The van der Waals surface area contributed by atoms with Crippen molar-refractivity contribution in [3.05, 3.63) is 41.2 Å². The van der Waals surface area contributed by atoms with E-state index in [0.29, 0.717) is 6.54 Å². The Bertz CT molecular complexity index is 708. The van der Waals surface area contributed by atoms with Gasteiger partial charge in [0.25, 0.3) is 0 Å². The third-order valence-electron chi connectivity index (χ3n) is 4.62. The number of aryl methyl sites for hydroxylation is 2. The number of pyridine rings is 1. The largest absolute Gasteiger partial charge is 0.348 e. The number of hydrogen-bond acceptors (Lipinski definition) is 4. The van der Waals surface area contributed by atoms with Crippen LogP contribution in [0.15, 0.2) is 18.3 Å². The van der Waals surface area contributed by atoms with E-state index in [9.17, 15) is 4.79 Å². The van der Waals surface area contributed by atoms with Crippen molar-refractivity contribution in [3.63, 3.8) is 0 Å². The standard InChI is InChI=1S/C16H19N5O/c22-16(12-6-1-4-11-5-2-8-17-15(11)12)18-10-14-20-19-13-7-3-9-21(13)14/h2,5,8,12H,1,3-4,6-7,9-10H2,(H,18,22). The minimum absolute atomic E-state index is 0.0509. The first-order valence-corrected chi connectivity index (χ1v) is 7.95. The molecule has 1 atom stereocenters. The smallest absolute Gasteiger partial charge is 0.229 e. The van der Waals surface area contributed by atoms with Crippen LogP contribution in [0.2, 0.25) is 0 Å². The van der Waals surface area contributed by atoms with Crippen molar-refractivity contribution in [3.8, 4) is 0 Å². The molecular formula is C16H19N5O. The molecule has 1 amide bonds. The van der Waals surface area contributed by atoms with Gasteiger partial charge in [-0.3, -0.25) is 9.78 Å². The molecule has 1 aliphatic heterocycles. The number of nitrogens with zero attached hydrogens (tertiary/aromatic N) is 4. The molecule has 0 fully saturated rings. The number of fused-ring (bicyclic) bond motifs is 2. The number of carbonyl (C=O) groups is 1. The van der Waals surface area contributed by atoms with Crippen LogP contribution in [0.4, 0.5) is 0 Å². The first-order chi connectivity index (χ1) is 10.8. The maximum absolute atomic E-state index is 12.5. The number of rotatable bonds is 3. The minimum atomic E-state index is -0.133. The summed E-state index contributed by atoms with van der Waals surface area (Å²) in [5.41, 5.74) is 2.15. The van der Waals surface area contributed by atoms with Crippen molar-refractivity contribution < 1.29 is 4.79 Å². The lowest BCUT2D eigenvalue weighted by atomic mass is 9.86. The maximum Gasteiger partial charge on any atom is 0.229 e. The zero-order valence-electron chi connectivity index (χ0n) is 12.5. The van der Waals surface area contributed by atoms with Gasteiger partial charge in [-0.25, -0.2) is 0 Å². The first-order valence-electron chi connectivity index (χ1n) is 7.95. The van der Waals surface area contributed by atoms with Crippen molar-refractivity contribution in [2.24, 2.45) is 0 Å². The van der Waals surface area contributed by atoms with Gasteiger partial charge in [-0.15, -0.1) is 10.2 Å². The van der Waals surface area contributed by atoms with Crippen LogP contribution in [0.5, 0.6) is 0 Å². The monoisotopic (exact) mass is 297 g/mol. The minimum Gasteiger partial charge on any atom is -0.348 e. The van der Waals surface area contributed by atoms with E-state index in [1.165, 1.54) is 5.56 Å². The van der Waals surface area contributed by atoms with E-state index in [2.05, 4.69) is 31.1 Å². The lowest BCUT2D eigenvalue weighted by Gasteiger charge is -2.23. The second-order valence-corrected chi connectivity index (χ2v) is 6.00. The molecule has 0 radical (unpaired) electrons. The second-order valence-electron chi connectivity index (χ2n) is 6.00. The van der Waals surface area contributed by atoms with Crippen molar-refractivity contribution in [2.75, 3.05) is 0 Å². The number of nitrogens with one attached hydrogen (secondary N) is 1. The summed E-state index contributed by atoms with van der Waals surface area (Å²) < 4.78 is 2.12. The van der Waals surface area contributed by atoms with Gasteiger partial charge in [0.1, 0.15) is 5.82 Å². The van der Waals surface area contributed by atoms with Crippen LogP contribution in [0.3, 0.4) is 0 Å². The molecule has 6 nitrogen and oxygen atoms in total. The number of carbonyl (C=O) groups excluding carboxylic acids is 1. The summed E-state index contributed by atoms with van der Waals surface area (Å²) >= 11 is 0. The fraction of sp³-hybridized carbons (Fsp3) is 0.500. The molecule has 22 heavy (non-hydrogen) atoms. The molecule has 4 rings (SSSR count). The van der Waals surface area contributed by atoms with Crippen LogP contribution in [0.25, 0.3) is 0 Å². The Morgan fingerprint density at radius 1 is 1.32 bits per heavy atom. The van der Waals surface area contributed by atoms with Crippen molar-refractivity contribution in [2.45, 2.75) is 51.1 Å². The molecule has 1 aliphatic carbocycles. The normalized spacial score (nSPS) is 19.5. The predicted octanol–water partition coefficient (Wildman–Crippen LogP) is 1.36. The molecule has 0 bridgehead atoms. The van der Waals surface area contributed by atoms with Gasteiger partial charge in [-0.1, -0.05) is 6.07 Å². The zero-order chi connectivity index (χ0) is 14.9. The number of amides is 1. The number of aromatic nitrogens is 4. The molecule has 3 heterocycles. The fourth-order valence-corrected chi connectivity index (χ4v) is 3.50. The van der Waals surface area contributed by atoms with Gasteiger partial charge in [-0.2, -0.15) is 0 Å². The second kappa shape index (κ2) is 5.51. The molecule has 6 heteroatoms. The van der Waals surface area contributed by atoms with E-state index >= 15 is 0 Å². The van der Waals surface area contributed by atoms with Crippen LogP contribution in [0.1, 0.15) is 48.1 Å². The van der Waals surface area contributed by atoms with Gasteiger partial charge < -0.3 is 9.88 Å². The van der Waals surface area contributed by atoms with E-state index in [1.54, 1.807) is 6.20 Å². The van der Waals surface area contributed by atoms with Gasteiger partial charge in [0.15, 0.2) is 5.82 Å². The van der Waals surface area contributed by atoms with E-state index in [4.69, 9.17) is 0 Å². The van der Waals surface area contributed by atoms with Gasteiger partial charge in [-0.05, 0) is 37.3 Å². The third kappa shape index (κ3) is 2.28. The highest BCUT2D eigenvalue weighted by Crippen LogP contribution is 2.29. The lowest BCUT2D eigenvalue weighted by Crippen LogP contribution is -2.32. The van der Waals surface area contributed by atoms with Crippen LogP contribution < -0.4 is 5.32 Å². The Kier molecular flexibility index (Phi) is 3.36. The SMILES string of the molecule is O=C(NCc1nnc2n1CCC2)C1CCCc2cccnc21. The third-order valence-corrected chi connectivity index (χ3v) is 4.62. The molecule has 2 aliphatic rings. The Hall–Kier alpha value is -2.24. The van der Waals surface area contributed by atoms with Gasteiger partial charge in [0, 0.05) is 19.2 Å². The number of hydrogen-bond donors (Lipinski definition) is 1. The topological polar surface area (TPSA) is 72.7 Å². The summed E-state index contributed by atoms with van der Waals surface area (Å²) in [7, 11) is 0. The fourth-order valence-electron chi connectivity index (χ4n) is 3.50. The average molecular weight is 297 g/mol. The summed E-state index contributed by atoms with van der Waals surface area (Å²) in [5, 5.41) is 11.4. The Morgan fingerprint density at radius 3 is 3.23 bits per heavy atom. The van der Waals surface area contributed by atoms with Gasteiger partial charge in [0.2, 0.25) is 5.91 Å². The van der Waals surface area contributed by atoms with Crippen LogP contribution >= 0.6 is 0 Å². The highest BCUT2D eigenvalue weighted by atomic mass is 16.1. The molecular weight excluding hydrogens is 278 g/mol. The van der Waals surface area contributed by atoms with Crippen molar-refractivity contribution >= 4 is 5.91 Å². The molecule has 1 N–H and O–H groups in total. The zero-order valence-corrected chi connectivity index (χ0v) is 12.5. The van der Waals surface area contributed by atoms with E-state index in [-0.39, 0.29) is 11.8 Å². The molecule has 114 valence electrons. The van der Waals surface area contributed by atoms with Crippen LogP contribution in [-0.2, 0) is 30.7 Å². The van der Waals surface area contributed by atoms with Gasteiger partial charge >= 0.3 is 0 Å². The highest BCUT2D eigenvalue weighted by molar-refractivity contribution is 5.83. The summed E-state index contributed by atoms with van der Waals surface area (Å²) in [6.45, 7) is 1.41. The quantitative estimate of drug-likeness (QED) is 0.928. The van der Waals surface area contributed by atoms with E-state index in [0.717, 1.165) is 56.0 Å². The molecule has 0 saturated heterocycles. The van der Waals surface area contributed by atoms with Crippen LogP contribution in [-0.4, -0.2) is 25.7 Å². The van der Waals surface area contributed by atoms with Crippen LogP contribution in [0, 0.1) is 0 Å². The summed E-state index contributed by atoms with van der Waals surface area (Å²) in [5.74, 6) is 1.81. The molecule has 2 aromatic rings. The summed E-state index contributed by atoms with van der Waals surface area (Å²) in [6.07, 6.45) is 6.80. The first kappa shape index (κ1) is 13.4. The van der Waals surface area contributed by atoms with Gasteiger partial charge in [0.05, 0.1) is 18.2 Å². The Balaban J connectivity index is 1.47. The highest BCUT2D eigenvalue weighted by Gasteiger charge is 2.28. The predicted molar refractivity (Wildman–Crippen MR) is 80.1 cm³/mol. The summed E-state index contributed by atoms with van der Waals surface area (Å²) in [4.78, 5) is 17.0. The lowest BCUT2D eigenvalue weighted by molar-refractivity contribution is -0.123. The Morgan fingerprint density at radius 2 is 2.27 bits per heavy atom. The van der Waals surface area contributed by atoms with E-state index < -0.39 is 0 Å². The van der Waals surface area contributed by atoms with Crippen molar-refractivity contribution in [1.29, 1.82) is 0 Å². The van der Waals surface area contributed by atoms with Crippen molar-refractivity contribution in [1.82, 2.24) is 25.1 Å². The molecule has 1 unspecified atom stereocenters. The average Bonchev–Trinajstić information content (AvgIpc) is 3.16. The maximum atomic E-state index is 12.5. The molecule has 0 spiro atoms. The van der Waals surface area contributed by atoms with E-state index in [1.807, 2.05) is 6.07 Å². The summed E-state index contributed by atoms with van der Waals surface area (Å²) in [6, 6.07) is 4.02. The molecule has 0 aromatic carbocycles. The molecule has 0 saturated carbocycles. The Labute approximate surface area is 129 Å². The molecule has 2 aromatic heterocycles.